The molecule has 0 aromatic heterocycles. The summed E-state index contributed by atoms with van der Waals surface area (Å²) in [6, 6.07) is 5.32. The van der Waals surface area contributed by atoms with Crippen LogP contribution in [0.5, 0.6) is 0 Å². The summed E-state index contributed by atoms with van der Waals surface area (Å²) >= 11 is 9.24. The number of hydrogen-bond acceptors (Lipinski definition) is 1. The van der Waals surface area contributed by atoms with Crippen LogP contribution in [0.25, 0.3) is 0 Å². The van der Waals surface area contributed by atoms with Crippen LogP contribution >= 0.6 is 27.5 Å². The minimum atomic E-state index is 0.162. The molecular weight excluding hydrogens is 287 g/mol. The lowest BCUT2D eigenvalue weighted by molar-refractivity contribution is 0.0977. The molecule has 0 atom stereocenters. The van der Waals surface area contributed by atoms with Gasteiger partial charge in [-0.1, -0.05) is 47.8 Å². The van der Waals surface area contributed by atoms with Crippen molar-refractivity contribution in [1.82, 2.24) is 0 Å². The summed E-state index contributed by atoms with van der Waals surface area (Å²) in [6.45, 7) is 4.33. The molecule has 0 amide bonds. The van der Waals surface area contributed by atoms with Crippen LogP contribution in [0.15, 0.2) is 22.7 Å². The minimum Gasteiger partial charge on any atom is -0.294 e. The summed E-state index contributed by atoms with van der Waals surface area (Å²) in [5.74, 6) is 0.811. The molecule has 1 aromatic carbocycles. The smallest absolute Gasteiger partial charge is 0.164 e. The number of hydrogen-bond donors (Lipinski definition) is 0. The first kappa shape index (κ1) is 13.7. The van der Waals surface area contributed by atoms with Gasteiger partial charge in [0.1, 0.15) is 0 Å². The van der Waals surface area contributed by atoms with Crippen LogP contribution in [0.2, 0.25) is 5.02 Å². The number of rotatable bonds is 5. The summed E-state index contributed by atoms with van der Waals surface area (Å²) in [4.78, 5) is 11.9. The quantitative estimate of drug-likeness (QED) is 0.691. The van der Waals surface area contributed by atoms with Crippen molar-refractivity contribution in [1.29, 1.82) is 0 Å². The Labute approximate surface area is 110 Å². The lowest BCUT2D eigenvalue weighted by Crippen LogP contribution is -2.01. The molecule has 0 saturated carbocycles. The number of halogens is 2. The number of benzene rings is 1. The van der Waals surface area contributed by atoms with Gasteiger partial charge in [0.05, 0.1) is 0 Å². The van der Waals surface area contributed by atoms with Crippen molar-refractivity contribution in [3.8, 4) is 0 Å². The fourth-order valence-corrected chi connectivity index (χ4v) is 2.16. The molecule has 88 valence electrons. The fraction of sp³-hybridized carbons (Fsp3) is 0.462. The van der Waals surface area contributed by atoms with E-state index in [1.165, 1.54) is 0 Å². The first-order valence-electron chi connectivity index (χ1n) is 5.49. The first-order chi connectivity index (χ1) is 7.50. The van der Waals surface area contributed by atoms with Gasteiger partial charge in [-0.25, -0.2) is 0 Å². The Morgan fingerprint density at radius 3 is 2.75 bits per heavy atom. The van der Waals surface area contributed by atoms with Crippen molar-refractivity contribution >= 4 is 33.3 Å². The standard InChI is InChI=1S/C13H16BrClO/c1-9(2)4-3-5-13(16)11-8-10(15)6-7-12(11)14/h6-9H,3-5H2,1-2H3. The molecule has 0 fully saturated rings. The predicted molar refractivity (Wildman–Crippen MR) is 72.2 cm³/mol. The summed E-state index contributed by atoms with van der Waals surface area (Å²) in [5, 5.41) is 0.607. The fourth-order valence-electron chi connectivity index (χ4n) is 1.52. The highest BCUT2D eigenvalue weighted by molar-refractivity contribution is 9.10. The van der Waals surface area contributed by atoms with E-state index >= 15 is 0 Å². The zero-order valence-corrected chi connectivity index (χ0v) is 11.9. The van der Waals surface area contributed by atoms with Gasteiger partial charge in [-0.3, -0.25) is 4.79 Å². The molecule has 0 heterocycles. The Hall–Kier alpha value is -0.340. The maximum Gasteiger partial charge on any atom is 0.164 e. The Morgan fingerprint density at radius 1 is 1.44 bits per heavy atom. The van der Waals surface area contributed by atoms with E-state index in [1.807, 2.05) is 6.07 Å². The summed E-state index contributed by atoms with van der Waals surface area (Å²) < 4.78 is 0.825. The van der Waals surface area contributed by atoms with Gasteiger partial charge in [0.15, 0.2) is 5.78 Å². The SMILES string of the molecule is CC(C)CCCC(=O)c1cc(Cl)ccc1Br. The van der Waals surface area contributed by atoms with E-state index in [0.29, 0.717) is 22.9 Å². The van der Waals surface area contributed by atoms with Gasteiger partial charge >= 0.3 is 0 Å². The van der Waals surface area contributed by atoms with Crippen LogP contribution in [0.4, 0.5) is 0 Å². The van der Waals surface area contributed by atoms with Gasteiger partial charge in [0, 0.05) is 21.5 Å². The Kier molecular flexibility index (Phi) is 5.50. The molecule has 0 unspecified atom stereocenters. The van der Waals surface area contributed by atoms with Crippen LogP contribution in [-0.4, -0.2) is 5.78 Å². The molecule has 1 rings (SSSR count). The number of Topliss-reactive ketones (excluding diaryl/α,β-unsaturated/α-hetero) is 1. The number of carbonyl (C=O) groups is 1. The van der Waals surface area contributed by atoms with Crippen molar-refractivity contribution in [3.63, 3.8) is 0 Å². The largest absolute Gasteiger partial charge is 0.294 e. The lowest BCUT2D eigenvalue weighted by Gasteiger charge is -2.06. The molecule has 0 aliphatic carbocycles. The molecule has 0 spiro atoms. The van der Waals surface area contributed by atoms with Crippen molar-refractivity contribution in [2.24, 2.45) is 5.92 Å². The molecule has 16 heavy (non-hydrogen) atoms. The molecule has 0 radical (unpaired) electrons. The van der Waals surface area contributed by atoms with Crippen LogP contribution in [0, 0.1) is 5.92 Å². The van der Waals surface area contributed by atoms with Crippen molar-refractivity contribution in [2.45, 2.75) is 33.1 Å². The van der Waals surface area contributed by atoms with E-state index < -0.39 is 0 Å². The van der Waals surface area contributed by atoms with Gasteiger partial charge in [0.2, 0.25) is 0 Å². The van der Waals surface area contributed by atoms with E-state index in [2.05, 4.69) is 29.8 Å². The molecule has 0 saturated heterocycles. The summed E-state index contributed by atoms with van der Waals surface area (Å²) in [5.41, 5.74) is 0.691. The van der Waals surface area contributed by atoms with E-state index in [-0.39, 0.29) is 5.78 Å². The average Bonchev–Trinajstić information content (AvgIpc) is 2.21. The van der Waals surface area contributed by atoms with Crippen molar-refractivity contribution in [2.75, 3.05) is 0 Å². The Balaban J connectivity index is 2.62. The van der Waals surface area contributed by atoms with Crippen molar-refractivity contribution < 1.29 is 4.79 Å². The van der Waals surface area contributed by atoms with E-state index in [4.69, 9.17) is 11.6 Å². The van der Waals surface area contributed by atoms with E-state index in [9.17, 15) is 4.79 Å². The highest BCUT2D eigenvalue weighted by atomic mass is 79.9. The first-order valence-corrected chi connectivity index (χ1v) is 6.66. The van der Waals surface area contributed by atoms with Gasteiger partial charge in [-0.2, -0.15) is 0 Å². The van der Waals surface area contributed by atoms with Gasteiger partial charge in [-0.15, -0.1) is 0 Å². The second-order valence-electron chi connectivity index (χ2n) is 4.33. The molecule has 1 nitrogen and oxygen atoms in total. The van der Waals surface area contributed by atoms with Gasteiger partial charge in [-0.05, 0) is 30.5 Å². The number of ketones is 1. The lowest BCUT2D eigenvalue weighted by atomic mass is 10.0. The molecule has 1 aromatic rings. The van der Waals surface area contributed by atoms with Crippen LogP contribution < -0.4 is 0 Å². The molecule has 3 heteroatoms. The topological polar surface area (TPSA) is 17.1 Å². The minimum absolute atomic E-state index is 0.162. The average molecular weight is 304 g/mol. The van der Waals surface area contributed by atoms with Crippen LogP contribution in [0.1, 0.15) is 43.5 Å². The number of carbonyl (C=O) groups excluding carboxylic acids is 1. The molecule has 0 aliphatic rings. The summed E-state index contributed by atoms with van der Waals surface area (Å²) in [7, 11) is 0. The predicted octanol–water partition coefficient (Wildman–Crippen LogP) is 5.11. The summed E-state index contributed by atoms with van der Waals surface area (Å²) in [6.07, 6.45) is 2.62. The van der Waals surface area contributed by atoms with E-state index in [0.717, 1.165) is 17.3 Å². The third kappa shape index (κ3) is 4.26. The molecule has 0 aliphatic heterocycles. The van der Waals surface area contributed by atoms with Crippen molar-refractivity contribution in [3.05, 3.63) is 33.3 Å². The third-order valence-electron chi connectivity index (χ3n) is 2.41. The zero-order valence-electron chi connectivity index (χ0n) is 9.59. The van der Waals surface area contributed by atoms with Crippen LogP contribution in [-0.2, 0) is 0 Å². The maximum atomic E-state index is 11.9. The second kappa shape index (κ2) is 6.41. The zero-order chi connectivity index (χ0) is 12.1. The normalized spacial score (nSPS) is 10.8. The van der Waals surface area contributed by atoms with Crippen LogP contribution in [0.3, 0.4) is 0 Å². The van der Waals surface area contributed by atoms with Gasteiger partial charge < -0.3 is 0 Å². The molecule has 0 bridgehead atoms. The third-order valence-corrected chi connectivity index (χ3v) is 3.34. The highest BCUT2D eigenvalue weighted by Crippen LogP contribution is 2.23. The Morgan fingerprint density at radius 2 is 2.12 bits per heavy atom. The van der Waals surface area contributed by atoms with E-state index in [1.54, 1.807) is 12.1 Å². The van der Waals surface area contributed by atoms with Gasteiger partial charge in [0.25, 0.3) is 0 Å². The molecular formula is C13H16BrClO. The highest BCUT2D eigenvalue weighted by Gasteiger charge is 2.10. The second-order valence-corrected chi connectivity index (χ2v) is 5.62. The maximum absolute atomic E-state index is 11.9. The monoisotopic (exact) mass is 302 g/mol. The Bertz CT molecular complexity index is 374. The molecule has 0 N–H and O–H groups in total.